The molecular formula is C29H28N2O6. The largest absolute Gasteiger partial charge is 0.507 e. The minimum absolute atomic E-state index is 0.0192. The van der Waals surface area contributed by atoms with Crippen LogP contribution in [0.15, 0.2) is 66.2 Å². The Kier molecular flexibility index (Phi) is 6.25. The summed E-state index contributed by atoms with van der Waals surface area (Å²) in [6, 6.07) is 17.0. The van der Waals surface area contributed by atoms with Crippen LogP contribution >= 0.6 is 0 Å². The van der Waals surface area contributed by atoms with Crippen molar-refractivity contribution in [1.82, 2.24) is 0 Å². The number of amides is 1. The molecule has 1 unspecified atom stereocenters. The highest BCUT2D eigenvalue weighted by molar-refractivity contribution is 6.51. The van der Waals surface area contributed by atoms with Crippen molar-refractivity contribution in [2.45, 2.75) is 13.0 Å². The second-order valence-corrected chi connectivity index (χ2v) is 9.16. The molecule has 2 aliphatic rings. The number of carbonyl (C=O) groups is 2. The number of aliphatic hydroxyl groups is 1. The summed E-state index contributed by atoms with van der Waals surface area (Å²) >= 11 is 0. The molecule has 0 radical (unpaired) electrons. The Bertz CT molecular complexity index is 1410. The Morgan fingerprint density at radius 1 is 0.973 bits per heavy atom. The fraction of sp³-hybridized carbons (Fsp3) is 0.241. The summed E-state index contributed by atoms with van der Waals surface area (Å²) in [7, 11) is 5.43. The summed E-state index contributed by atoms with van der Waals surface area (Å²) in [5.74, 6) is -0.0251. The van der Waals surface area contributed by atoms with Gasteiger partial charge in [0.2, 0.25) is 0 Å². The Balaban J connectivity index is 1.69. The summed E-state index contributed by atoms with van der Waals surface area (Å²) in [4.78, 5) is 30.4. The number of aryl methyl sites for hydroxylation is 1. The van der Waals surface area contributed by atoms with Crippen LogP contribution < -0.4 is 24.0 Å². The summed E-state index contributed by atoms with van der Waals surface area (Å²) in [5, 5.41) is 11.5. The van der Waals surface area contributed by atoms with Crippen LogP contribution in [0.25, 0.3) is 5.76 Å². The van der Waals surface area contributed by atoms with Gasteiger partial charge in [-0.05, 0) is 60.5 Å². The molecule has 2 aliphatic heterocycles. The van der Waals surface area contributed by atoms with E-state index < -0.39 is 17.7 Å². The van der Waals surface area contributed by atoms with Crippen molar-refractivity contribution in [1.29, 1.82) is 0 Å². The van der Waals surface area contributed by atoms with Gasteiger partial charge >= 0.3 is 0 Å². The molecule has 5 rings (SSSR count). The molecular weight excluding hydrogens is 472 g/mol. The fourth-order valence-corrected chi connectivity index (χ4v) is 4.72. The molecule has 0 saturated carbocycles. The number of ketones is 1. The highest BCUT2D eigenvalue weighted by atomic mass is 16.6. The zero-order valence-electron chi connectivity index (χ0n) is 21.1. The van der Waals surface area contributed by atoms with E-state index in [0.717, 1.165) is 5.69 Å². The van der Waals surface area contributed by atoms with Crippen molar-refractivity contribution in [3.63, 3.8) is 0 Å². The summed E-state index contributed by atoms with van der Waals surface area (Å²) in [5.41, 5.74) is 3.31. The van der Waals surface area contributed by atoms with Gasteiger partial charge in [0, 0.05) is 37.1 Å². The number of nitrogens with zero attached hydrogens (tertiary/aromatic N) is 2. The number of methoxy groups -OCH3 is 1. The molecule has 3 aromatic rings. The first kappa shape index (κ1) is 24.2. The normalized spacial score (nSPS) is 18.2. The molecule has 1 fully saturated rings. The molecule has 0 spiro atoms. The number of rotatable bonds is 5. The Morgan fingerprint density at radius 2 is 1.68 bits per heavy atom. The smallest absolute Gasteiger partial charge is 0.300 e. The molecule has 1 atom stereocenters. The molecule has 8 heteroatoms. The van der Waals surface area contributed by atoms with Gasteiger partial charge in [-0.15, -0.1) is 0 Å². The first-order valence-electron chi connectivity index (χ1n) is 11.9. The van der Waals surface area contributed by atoms with Gasteiger partial charge in [0.1, 0.15) is 24.7 Å². The molecule has 1 N–H and O–H groups in total. The molecule has 1 saturated heterocycles. The Labute approximate surface area is 215 Å². The SMILES string of the molecule is COc1ccc(/C(O)=C2\C(=O)C(=O)N(c3ccc4c(c3)OCCO4)C2c2ccc(N(C)C)cc2)c(C)c1. The average Bonchev–Trinajstić information content (AvgIpc) is 3.18. The number of benzene rings is 3. The van der Waals surface area contributed by atoms with Crippen LogP contribution in [-0.2, 0) is 9.59 Å². The number of hydrogen-bond acceptors (Lipinski definition) is 7. The number of anilines is 2. The van der Waals surface area contributed by atoms with Crippen molar-refractivity contribution < 1.29 is 28.9 Å². The van der Waals surface area contributed by atoms with Crippen molar-refractivity contribution in [2.75, 3.05) is 44.2 Å². The van der Waals surface area contributed by atoms with Crippen LogP contribution in [0.3, 0.4) is 0 Å². The molecule has 0 aromatic heterocycles. The third-order valence-corrected chi connectivity index (χ3v) is 6.66. The summed E-state index contributed by atoms with van der Waals surface area (Å²) < 4.78 is 16.6. The van der Waals surface area contributed by atoms with Gasteiger partial charge in [-0.2, -0.15) is 0 Å². The molecule has 3 aromatic carbocycles. The van der Waals surface area contributed by atoms with E-state index in [-0.39, 0.29) is 11.3 Å². The van der Waals surface area contributed by atoms with E-state index in [1.807, 2.05) is 50.2 Å². The fourth-order valence-electron chi connectivity index (χ4n) is 4.72. The van der Waals surface area contributed by atoms with E-state index >= 15 is 0 Å². The number of carbonyl (C=O) groups excluding carboxylic acids is 2. The molecule has 8 nitrogen and oxygen atoms in total. The maximum Gasteiger partial charge on any atom is 0.300 e. The third-order valence-electron chi connectivity index (χ3n) is 6.66. The lowest BCUT2D eigenvalue weighted by Crippen LogP contribution is -2.29. The van der Waals surface area contributed by atoms with Gasteiger partial charge in [0.15, 0.2) is 11.5 Å². The second-order valence-electron chi connectivity index (χ2n) is 9.16. The quantitative estimate of drug-likeness (QED) is 0.314. The highest BCUT2D eigenvalue weighted by Crippen LogP contribution is 2.45. The third kappa shape index (κ3) is 4.24. The highest BCUT2D eigenvalue weighted by Gasteiger charge is 2.47. The molecule has 37 heavy (non-hydrogen) atoms. The standard InChI is InChI=1S/C29H28N2O6/c1-17-15-21(35-4)10-11-22(17)27(32)25-26(18-5-7-19(8-6-18)30(2)3)31(29(34)28(25)33)20-9-12-23-24(16-20)37-14-13-36-23/h5-12,15-16,26,32H,13-14H2,1-4H3/b27-25+. The van der Waals surface area contributed by atoms with E-state index in [9.17, 15) is 14.7 Å². The van der Waals surface area contributed by atoms with Gasteiger partial charge in [0.25, 0.3) is 11.7 Å². The number of ether oxygens (including phenoxy) is 3. The maximum absolute atomic E-state index is 13.5. The number of aliphatic hydroxyl groups excluding tert-OH is 1. The van der Waals surface area contributed by atoms with Gasteiger partial charge in [-0.1, -0.05) is 12.1 Å². The van der Waals surface area contributed by atoms with Crippen molar-refractivity contribution in [2.24, 2.45) is 0 Å². The second kappa shape index (κ2) is 9.54. The van der Waals surface area contributed by atoms with Crippen molar-refractivity contribution in [3.8, 4) is 17.2 Å². The lowest BCUT2D eigenvalue weighted by Gasteiger charge is -2.27. The van der Waals surface area contributed by atoms with Crippen LogP contribution in [0.2, 0.25) is 0 Å². The number of fused-ring (bicyclic) bond motifs is 1. The van der Waals surface area contributed by atoms with Gasteiger partial charge in [-0.3, -0.25) is 14.5 Å². The first-order valence-corrected chi connectivity index (χ1v) is 11.9. The number of Topliss-reactive ketones (excluding diaryl/α,β-unsaturated/α-hetero) is 1. The predicted molar refractivity (Wildman–Crippen MR) is 141 cm³/mol. The summed E-state index contributed by atoms with van der Waals surface area (Å²) in [6.45, 7) is 2.65. The lowest BCUT2D eigenvalue weighted by atomic mass is 9.93. The van der Waals surface area contributed by atoms with E-state index in [0.29, 0.717) is 52.8 Å². The van der Waals surface area contributed by atoms with Gasteiger partial charge < -0.3 is 24.2 Å². The van der Waals surface area contributed by atoms with Gasteiger partial charge in [0.05, 0.1) is 18.7 Å². The molecule has 2 heterocycles. The monoisotopic (exact) mass is 500 g/mol. The van der Waals surface area contributed by atoms with E-state index in [1.165, 1.54) is 4.90 Å². The van der Waals surface area contributed by atoms with Crippen LogP contribution in [0.4, 0.5) is 11.4 Å². The zero-order chi connectivity index (χ0) is 26.3. The van der Waals surface area contributed by atoms with Crippen LogP contribution in [0.1, 0.15) is 22.7 Å². The average molecular weight is 501 g/mol. The predicted octanol–water partition coefficient (Wildman–Crippen LogP) is 4.47. The van der Waals surface area contributed by atoms with E-state index in [4.69, 9.17) is 14.2 Å². The summed E-state index contributed by atoms with van der Waals surface area (Å²) in [6.07, 6.45) is 0. The Hall–Kier alpha value is -4.46. The zero-order valence-corrected chi connectivity index (χ0v) is 21.1. The van der Waals surface area contributed by atoms with Crippen molar-refractivity contribution >= 4 is 28.8 Å². The number of hydrogen-bond donors (Lipinski definition) is 1. The lowest BCUT2D eigenvalue weighted by molar-refractivity contribution is -0.132. The maximum atomic E-state index is 13.5. The minimum atomic E-state index is -0.847. The van der Waals surface area contributed by atoms with Gasteiger partial charge in [-0.25, -0.2) is 0 Å². The first-order chi connectivity index (χ1) is 17.8. The van der Waals surface area contributed by atoms with E-state index in [1.54, 1.807) is 43.5 Å². The van der Waals surface area contributed by atoms with Crippen molar-refractivity contribution in [3.05, 3.63) is 82.9 Å². The molecule has 1 amide bonds. The van der Waals surface area contributed by atoms with Crippen LogP contribution in [0, 0.1) is 6.92 Å². The van der Waals surface area contributed by atoms with E-state index in [2.05, 4.69) is 0 Å². The Morgan fingerprint density at radius 3 is 2.32 bits per heavy atom. The molecule has 190 valence electrons. The topological polar surface area (TPSA) is 88.5 Å². The molecule has 0 bridgehead atoms. The van der Waals surface area contributed by atoms with Crippen LogP contribution in [-0.4, -0.2) is 51.2 Å². The minimum Gasteiger partial charge on any atom is -0.507 e. The van der Waals surface area contributed by atoms with Crippen LogP contribution in [0.5, 0.6) is 17.2 Å². The molecule has 0 aliphatic carbocycles.